The summed E-state index contributed by atoms with van der Waals surface area (Å²) in [6.07, 6.45) is 0. The summed E-state index contributed by atoms with van der Waals surface area (Å²) in [7, 11) is 0. The lowest BCUT2D eigenvalue weighted by Crippen LogP contribution is -2.23. The third-order valence-corrected chi connectivity index (χ3v) is 7.20. The minimum atomic E-state index is -0.0540. The van der Waals surface area contributed by atoms with Crippen molar-refractivity contribution in [3.05, 3.63) is 101 Å². The van der Waals surface area contributed by atoms with E-state index < -0.39 is 0 Å². The number of para-hydroxylation sites is 3. The molecule has 0 bridgehead atoms. The van der Waals surface area contributed by atoms with Crippen LogP contribution in [0.3, 0.4) is 0 Å². The molecular weight excluding hydrogens is 466 g/mol. The van der Waals surface area contributed by atoms with E-state index in [9.17, 15) is 4.79 Å². The molecule has 1 aromatic heterocycles. The predicted molar refractivity (Wildman–Crippen MR) is 140 cm³/mol. The molecule has 0 saturated heterocycles. The molecule has 0 aliphatic carbocycles. The minimum absolute atomic E-state index is 0.0540. The topological polar surface area (TPSA) is 61.1 Å². The lowest BCUT2D eigenvalue weighted by molar-refractivity contribution is 0.418. The summed E-state index contributed by atoms with van der Waals surface area (Å²) < 4.78 is 25.0. The third-order valence-electron chi connectivity index (χ3n) is 7.20. The minimum Gasteiger partial charge on any atom is -0.456 e. The van der Waals surface area contributed by atoms with Crippen LogP contribution >= 0.6 is 0 Å². The second-order valence-electron chi connectivity index (χ2n) is 9.31. The van der Waals surface area contributed by atoms with Crippen molar-refractivity contribution in [3.8, 4) is 45.6 Å². The maximum absolute atomic E-state index is 13.3. The van der Waals surface area contributed by atoms with Crippen molar-refractivity contribution in [2.45, 2.75) is 0 Å². The van der Waals surface area contributed by atoms with Crippen LogP contribution in [0.25, 0.3) is 33.1 Å². The molecule has 0 saturated carbocycles. The molecule has 0 N–H and O–H groups in total. The van der Waals surface area contributed by atoms with Crippen LogP contribution in [-0.4, -0.2) is 0 Å². The maximum atomic E-state index is 13.3. The number of hydrogen-bond acceptors (Lipinski definition) is 6. The van der Waals surface area contributed by atoms with Gasteiger partial charge in [0.15, 0.2) is 34.5 Å². The highest BCUT2D eigenvalue weighted by molar-refractivity contribution is 6.01. The Morgan fingerprint density at radius 3 is 1.73 bits per heavy atom. The Morgan fingerprint density at radius 2 is 1.05 bits per heavy atom. The number of anilines is 3. The zero-order chi connectivity index (χ0) is 24.2. The van der Waals surface area contributed by atoms with Crippen LogP contribution in [0.4, 0.5) is 17.1 Å². The van der Waals surface area contributed by atoms with Crippen LogP contribution in [0.15, 0.2) is 100 Å². The molecule has 6 aromatic rings. The van der Waals surface area contributed by atoms with Crippen molar-refractivity contribution < 1.29 is 18.6 Å². The van der Waals surface area contributed by atoms with Gasteiger partial charge in [-0.05, 0) is 71.8 Å². The molecule has 0 spiro atoms. The van der Waals surface area contributed by atoms with Gasteiger partial charge in [-0.2, -0.15) is 0 Å². The lowest BCUT2D eigenvalue weighted by atomic mass is 9.98. The molecule has 5 aromatic carbocycles. The number of rotatable bonds is 1. The van der Waals surface area contributed by atoms with E-state index in [1.165, 1.54) is 0 Å². The summed E-state index contributed by atoms with van der Waals surface area (Å²) in [5, 5.41) is 1.09. The Kier molecular flexibility index (Phi) is 3.34. The average Bonchev–Trinajstić information content (AvgIpc) is 2.93. The van der Waals surface area contributed by atoms with Gasteiger partial charge in [-0.3, -0.25) is 9.69 Å². The molecule has 0 radical (unpaired) electrons. The highest BCUT2D eigenvalue weighted by Crippen LogP contribution is 2.66. The van der Waals surface area contributed by atoms with Gasteiger partial charge in [0.25, 0.3) is 0 Å². The van der Waals surface area contributed by atoms with Gasteiger partial charge in [-0.1, -0.05) is 30.3 Å². The molecule has 0 unspecified atom stereocenters. The number of fused-ring (bicyclic) bond motifs is 2. The molecule has 4 heterocycles. The van der Waals surface area contributed by atoms with E-state index in [-0.39, 0.29) is 5.43 Å². The van der Waals surface area contributed by atoms with Crippen LogP contribution in [0, 0.1) is 0 Å². The van der Waals surface area contributed by atoms with Gasteiger partial charge in [-0.15, -0.1) is 0 Å². The quantitative estimate of drug-likeness (QED) is 0.219. The highest BCUT2D eigenvalue weighted by Gasteiger charge is 2.41. The first-order chi connectivity index (χ1) is 18.2. The molecule has 6 heteroatoms. The Labute approximate surface area is 209 Å². The molecule has 174 valence electrons. The molecule has 0 fully saturated rings. The van der Waals surface area contributed by atoms with Crippen LogP contribution in [-0.2, 0) is 0 Å². The lowest BCUT2D eigenvalue weighted by Gasteiger charge is -2.41. The van der Waals surface area contributed by atoms with E-state index >= 15 is 0 Å². The Bertz CT molecular complexity index is 1980. The van der Waals surface area contributed by atoms with E-state index in [0.717, 1.165) is 39.7 Å². The van der Waals surface area contributed by atoms with E-state index in [2.05, 4.69) is 4.90 Å². The number of nitrogens with zero attached hydrogens (tertiary/aromatic N) is 1. The second kappa shape index (κ2) is 6.50. The van der Waals surface area contributed by atoms with Crippen LogP contribution in [0.2, 0.25) is 0 Å². The fraction of sp³-hybridized carbons (Fsp3) is 0. The van der Waals surface area contributed by atoms with E-state index in [1.54, 1.807) is 6.07 Å². The molecule has 6 nitrogen and oxygen atoms in total. The summed E-state index contributed by atoms with van der Waals surface area (Å²) in [6.45, 7) is 0. The van der Waals surface area contributed by atoms with Crippen molar-refractivity contribution in [1.82, 2.24) is 0 Å². The Morgan fingerprint density at radius 1 is 0.486 bits per heavy atom. The largest absolute Gasteiger partial charge is 0.456 e. The van der Waals surface area contributed by atoms with Gasteiger partial charge in [0, 0.05) is 0 Å². The fourth-order valence-electron chi connectivity index (χ4n) is 5.57. The summed E-state index contributed by atoms with van der Waals surface area (Å²) in [5.74, 6) is 4.23. The van der Waals surface area contributed by atoms with E-state index in [0.29, 0.717) is 44.9 Å². The van der Waals surface area contributed by atoms with Crippen molar-refractivity contribution in [2.75, 3.05) is 4.90 Å². The maximum Gasteiger partial charge on any atom is 0.200 e. The smallest absolute Gasteiger partial charge is 0.200 e. The molecule has 3 aliphatic rings. The standard InChI is InChI=1S/C31H15NO5/c33-31-18-5-1-2-6-20(18)34-21-12-11-16(13-19(21)31)17-14-26-30-27(15-17)37-25-10-4-8-23-29(25)32(30)28-22(35-23)7-3-9-24(28)36-26/h1-15H. The number of benzene rings is 5. The zero-order valence-electron chi connectivity index (χ0n) is 19.1. The first-order valence-electron chi connectivity index (χ1n) is 12.0. The Balaban J connectivity index is 1.28. The van der Waals surface area contributed by atoms with Crippen molar-refractivity contribution in [2.24, 2.45) is 0 Å². The molecule has 37 heavy (non-hydrogen) atoms. The monoisotopic (exact) mass is 481 g/mol. The van der Waals surface area contributed by atoms with Crippen LogP contribution in [0.5, 0.6) is 34.5 Å². The molecule has 0 atom stereocenters. The summed E-state index contributed by atoms with van der Waals surface area (Å²) in [4.78, 5) is 15.4. The van der Waals surface area contributed by atoms with Gasteiger partial charge in [0.1, 0.15) is 28.2 Å². The molecule has 3 aliphatic heterocycles. The van der Waals surface area contributed by atoms with E-state index in [4.69, 9.17) is 18.6 Å². The predicted octanol–water partition coefficient (Wildman–Crippen LogP) is 8.40. The van der Waals surface area contributed by atoms with Gasteiger partial charge in [0.2, 0.25) is 5.43 Å². The van der Waals surface area contributed by atoms with E-state index in [1.807, 2.05) is 84.9 Å². The van der Waals surface area contributed by atoms with Crippen molar-refractivity contribution >= 4 is 39.0 Å². The normalized spacial score (nSPS) is 13.6. The second-order valence-corrected chi connectivity index (χ2v) is 9.31. The summed E-state index contributed by atoms with van der Waals surface area (Å²) in [5.41, 5.74) is 5.37. The van der Waals surface area contributed by atoms with Gasteiger partial charge < -0.3 is 18.6 Å². The first-order valence-corrected chi connectivity index (χ1v) is 12.0. The number of hydrogen-bond donors (Lipinski definition) is 0. The van der Waals surface area contributed by atoms with Crippen molar-refractivity contribution in [1.29, 1.82) is 0 Å². The molecular formula is C31H15NO5. The SMILES string of the molecule is O=c1c2ccccc2oc2ccc(-c3cc4c5c(c3)Oc3cccc6c3N5c3c(cccc3O4)O6)cc12. The highest BCUT2D eigenvalue weighted by atomic mass is 16.5. The average molecular weight is 481 g/mol. The van der Waals surface area contributed by atoms with Gasteiger partial charge in [0.05, 0.1) is 10.8 Å². The van der Waals surface area contributed by atoms with Gasteiger partial charge in [-0.25, -0.2) is 0 Å². The molecule has 9 rings (SSSR count). The van der Waals surface area contributed by atoms with Crippen LogP contribution < -0.4 is 24.5 Å². The fourth-order valence-corrected chi connectivity index (χ4v) is 5.57. The Hall–Kier alpha value is -5.23. The summed E-state index contributed by atoms with van der Waals surface area (Å²) in [6, 6.07) is 28.6. The molecule has 0 amide bonds. The van der Waals surface area contributed by atoms with Gasteiger partial charge >= 0.3 is 0 Å². The first kappa shape index (κ1) is 19.0. The summed E-state index contributed by atoms with van der Waals surface area (Å²) >= 11 is 0. The van der Waals surface area contributed by atoms with Crippen LogP contribution in [0.1, 0.15) is 0 Å². The van der Waals surface area contributed by atoms with Crippen molar-refractivity contribution in [3.63, 3.8) is 0 Å². The zero-order valence-corrected chi connectivity index (χ0v) is 19.1. The number of ether oxygens (including phenoxy) is 3. The third kappa shape index (κ3) is 2.41.